The molecule has 1 aromatic heterocycles. The van der Waals surface area contributed by atoms with Crippen molar-refractivity contribution in [3.05, 3.63) is 21.3 Å². The molecular formula is C13H17ClN2OS2. The fourth-order valence-electron chi connectivity index (χ4n) is 2.48. The highest BCUT2D eigenvalue weighted by Gasteiger charge is 2.35. The average molecular weight is 317 g/mol. The minimum atomic E-state index is -0.528. The van der Waals surface area contributed by atoms with Crippen LogP contribution in [0.1, 0.15) is 48.2 Å². The van der Waals surface area contributed by atoms with Gasteiger partial charge in [0.1, 0.15) is 0 Å². The number of hydrogen-bond donors (Lipinski definition) is 2. The third-order valence-corrected chi connectivity index (χ3v) is 5.20. The first kappa shape index (κ1) is 14.8. The summed E-state index contributed by atoms with van der Waals surface area (Å²) in [6, 6.07) is 3.45. The predicted molar refractivity (Wildman–Crippen MR) is 84.0 cm³/mol. The molecule has 3 N–H and O–H groups in total. The second-order valence-electron chi connectivity index (χ2n) is 4.92. The van der Waals surface area contributed by atoms with Crippen molar-refractivity contribution in [3.63, 3.8) is 0 Å². The Morgan fingerprint density at radius 3 is 2.42 bits per heavy atom. The van der Waals surface area contributed by atoms with Gasteiger partial charge < -0.3 is 11.1 Å². The molecule has 0 spiro atoms. The molecule has 1 amide bonds. The molecule has 0 atom stereocenters. The number of nitrogens with one attached hydrogen (secondary N) is 1. The van der Waals surface area contributed by atoms with E-state index in [4.69, 9.17) is 29.6 Å². The SMILES string of the molecule is NC(=S)C1(NC(=O)c2ccc(Cl)s2)CCCCCC1. The number of thiophene rings is 1. The third kappa shape index (κ3) is 3.46. The molecule has 0 bridgehead atoms. The first-order chi connectivity index (χ1) is 9.03. The molecule has 0 aliphatic heterocycles. The summed E-state index contributed by atoms with van der Waals surface area (Å²) < 4.78 is 0.607. The largest absolute Gasteiger partial charge is 0.391 e. The lowest BCUT2D eigenvalue weighted by molar-refractivity contribution is 0.0921. The van der Waals surface area contributed by atoms with E-state index in [2.05, 4.69) is 5.32 Å². The molecule has 0 saturated heterocycles. The molecule has 3 nitrogen and oxygen atoms in total. The van der Waals surface area contributed by atoms with Crippen LogP contribution in [-0.4, -0.2) is 16.4 Å². The van der Waals surface area contributed by atoms with Gasteiger partial charge >= 0.3 is 0 Å². The summed E-state index contributed by atoms with van der Waals surface area (Å²) in [5.41, 5.74) is 5.37. The van der Waals surface area contributed by atoms with E-state index < -0.39 is 5.54 Å². The molecular weight excluding hydrogens is 300 g/mol. The number of carbonyl (C=O) groups excluding carboxylic acids is 1. The van der Waals surface area contributed by atoms with Gasteiger partial charge in [-0.2, -0.15) is 0 Å². The number of hydrogen-bond acceptors (Lipinski definition) is 3. The smallest absolute Gasteiger partial charge is 0.262 e. The van der Waals surface area contributed by atoms with Crippen molar-refractivity contribution in [1.29, 1.82) is 0 Å². The topological polar surface area (TPSA) is 55.1 Å². The van der Waals surface area contributed by atoms with Crippen LogP contribution < -0.4 is 11.1 Å². The molecule has 1 aromatic rings. The molecule has 1 aliphatic carbocycles. The predicted octanol–water partition coefficient (Wildman–Crippen LogP) is 3.51. The molecule has 1 fully saturated rings. The van der Waals surface area contributed by atoms with Crippen LogP contribution in [0.2, 0.25) is 4.34 Å². The molecule has 0 aromatic carbocycles. The van der Waals surface area contributed by atoms with Gasteiger partial charge in [-0.3, -0.25) is 4.79 Å². The fraction of sp³-hybridized carbons (Fsp3) is 0.538. The van der Waals surface area contributed by atoms with Crippen molar-refractivity contribution in [2.75, 3.05) is 0 Å². The van der Waals surface area contributed by atoms with Gasteiger partial charge in [0.2, 0.25) is 0 Å². The standard InChI is InChI=1S/C13H17ClN2OS2/c14-10-6-5-9(19-10)11(17)16-13(12(15)18)7-3-1-2-4-8-13/h5-6H,1-4,7-8H2,(H2,15,18)(H,16,17). The summed E-state index contributed by atoms with van der Waals surface area (Å²) in [5, 5.41) is 3.05. The molecule has 0 unspecified atom stereocenters. The maximum Gasteiger partial charge on any atom is 0.262 e. The highest BCUT2D eigenvalue weighted by molar-refractivity contribution is 7.80. The fourth-order valence-corrected chi connectivity index (χ4v) is 3.67. The molecule has 1 heterocycles. The zero-order valence-electron chi connectivity index (χ0n) is 10.6. The summed E-state index contributed by atoms with van der Waals surface area (Å²) >= 11 is 12.3. The van der Waals surface area contributed by atoms with Crippen molar-refractivity contribution < 1.29 is 4.79 Å². The summed E-state index contributed by atoms with van der Waals surface area (Å²) in [6.45, 7) is 0. The summed E-state index contributed by atoms with van der Waals surface area (Å²) in [7, 11) is 0. The summed E-state index contributed by atoms with van der Waals surface area (Å²) in [5.74, 6) is -0.133. The van der Waals surface area contributed by atoms with Crippen LogP contribution in [0, 0.1) is 0 Å². The maximum absolute atomic E-state index is 12.3. The van der Waals surface area contributed by atoms with Crippen molar-refractivity contribution in [2.45, 2.75) is 44.1 Å². The van der Waals surface area contributed by atoms with Gasteiger partial charge in [0, 0.05) is 0 Å². The van der Waals surface area contributed by atoms with E-state index >= 15 is 0 Å². The second-order valence-corrected chi connectivity index (χ2v) is 7.07. The first-order valence-corrected chi connectivity index (χ1v) is 8.01. The van der Waals surface area contributed by atoms with Crippen LogP contribution in [0.3, 0.4) is 0 Å². The van der Waals surface area contributed by atoms with Gasteiger partial charge in [0.25, 0.3) is 5.91 Å². The Kier molecular flexibility index (Phi) is 4.81. The number of thiocarbonyl (C=S) groups is 1. The Hall–Kier alpha value is -0.650. The Balaban J connectivity index is 2.16. The zero-order chi connectivity index (χ0) is 13.9. The molecule has 1 saturated carbocycles. The second kappa shape index (κ2) is 6.20. The summed E-state index contributed by atoms with van der Waals surface area (Å²) in [6.07, 6.45) is 6.09. The number of amides is 1. The first-order valence-electron chi connectivity index (χ1n) is 6.41. The Morgan fingerprint density at radius 1 is 1.32 bits per heavy atom. The molecule has 6 heteroatoms. The summed E-state index contributed by atoms with van der Waals surface area (Å²) in [4.78, 5) is 13.3. The lowest BCUT2D eigenvalue weighted by Gasteiger charge is -2.32. The van der Waals surface area contributed by atoms with E-state index in [0.29, 0.717) is 14.2 Å². The molecule has 19 heavy (non-hydrogen) atoms. The normalized spacial score (nSPS) is 18.6. The van der Waals surface area contributed by atoms with Crippen LogP contribution in [0.15, 0.2) is 12.1 Å². The maximum atomic E-state index is 12.3. The molecule has 0 radical (unpaired) electrons. The van der Waals surface area contributed by atoms with Gasteiger partial charge in [-0.1, -0.05) is 49.5 Å². The van der Waals surface area contributed by atoms with Gasteiger partial charge in [0.15, 0.2) is 0 Å². The molecule has 104 valence electrons. The van der Waals surface area contributed by atoms with Crippen LogP contribution in [-0.2, 0) is 0 Å². The zero-order valence-corrected chi connectivity index (χ0v) is 13.0. The molecule has 1 aliphatic rings. The highest BCUT2D eigenvalue weighted by Crippen LogP contribution is 2.29. The number of nitrogens with two attached hydrogens (primary N) is 1. The van der Waals surface area contributed by atoms with Crippen molar-refractivity contribution >= 4 is 46.1 Å². The van der Waals surface area contributed by atoms with Crippen LogP contribution in [0.25, 0.3) is 0 Å². The Bertz CT molecular complexity index is 479. The lowest BCUT2D eigenvalue weighted by Crippen LogP contribution is -2.56. The number of carbonyl (C=O) groups is 1. The van der Waals surface area contributed by atoms with E-state index in [9.17, 15) is 4.79 Å². The van der Waals surface area contributed by atoms with Crippen LogP contribution >= 0.6 is 35.2 Å². The molecule has 2 rings (SSSR count). The monoisotopic (exact) mass is 316 g/mol. The Labute approximate surface area is 127 Å². The van der Waals surface area contributed by atoms with E-state index in [0.717, 1.165) is 25.7 Å². The van der Waals surface area contributed by atoms with Crippen molar-refractivity contribution in [2.24, 2.45) is 5.73 Å². The van der Waals surface area contributed by atoms with E-state index in [1.54, 1.807) is 12.1 Å². The lowest BCUT2D eigenvalue weighted by atomic mass is 9.90. The number of halogens is 1. The van der Waals surface area contributed by atoms with E-state index in [1.807, 2.05) is 0 Å². The van der Waals surface area contributed by atoms with Crippen LogP contribution in [0.5, 0.6) is 0 Å². The van der Waals surface area contributed by atoms with E-state index in [-0.39, 0.29) is 5.91 Å². The van der Waals surface area contributed by atoms with Crippen LogP contribution in [0.4, 0.5) is 0 Å². The Morgan fingerprint density at radius 2 is 1.95 bits per heavy atom. The number of rotatable bonds is 3. The van der Waals surface area contributed by atoms with E-state index in [1.165, 1.54) is 24.2 Å². The van der Waals surface area contributed by atoms with Crippen molar-refractivity contribution in [1.82, 2.24) is 5.32 Å². The minimum Gasteiger partial charge on any atom is -0.391 e. The third-order valence-electron chi connectivity index (χ3n) is 3.58. The van der Waals surface area contributed by atoms with Gasteiger partial charge in [-0.05, 0) is 25.0 Å². The average Bonchev–Trinajstić information content (AvgIpc) is 2.65. The van der Waals surface area contributed by atoms with Gasteiger partial charge in [0.05, 0.1) is 19.7 Å². The van der Waals surface area contributed by atoms with Gasteiger partial charge in [-0.15, -0.1) is 11.3 Å². The quantitative estimate of drug-likeness (QED) is 0.663. The van der Waals surface area contributed by atoms with Crippen molar-refractivity contribution in [3.8, 4) is 0 Å². The highest BCUT2D eigenvalue weighted by atomic mass is 35.5. The minimum absolute atomic E-state index is 0.133. The van der Waals surface area contributed by atoms with Gasteiger partial charge in [-0.25, -0.2) is 0 Å².